The summed E-state index contributed by atoms with van der Waals surface area (Å²) in [5.41, 5.74) is 2.61. The minimum atomic E-state index is -0.208. The SMILES string of the molecule is CN(CCc1ccncc1)c1nccc(C(=O)NCc2ccccc2)n1. The second-order valence-corrected chi connectivity index (χ2v) is 5.94. The van der Waals surface area contributed by atoms with Crippen molar-refractivity contribution in [2.24, 2.45) is 0 Å². The first-order valence-corrected chi connectivity index (χ1v) is 8.47. The van der Waals surface area contributed by atoms with Gasteiger partial charge in [0, 0.05) is 38.7 Å². The molecule has 0 spiro atoms. The summed E-state index contributed by atoms with van der Waals surface area (Å²) in [5, 5.41) is 2.88. The first-order valence-electron chi connectivity index (χ1n) is 8.47. The van der Waals surface area contributed by atoms with E-state index in [-0.39, 0.29) is 5.91 Å². The van der Waals surface area contributed by atoms with E-state index in [1.165, 1.54) is 5.56 Å². The first kappa shape index (κ1) is 17.5. The second-order valence-electron chi connectivity index (χ2n) is 5.94. The van der Waals surface area contributed by atoms with Gasteiger partial charge in [0.15, 0.2) is 0 Å². The first-order chi connectivity index (χ1) is 12.7. The zero-order chi connectivity index (χ0) is 18.2. The van der Waals surface area contributed by atoms with Crippen LogP contribution < -0.4 is 10.2 Å². The van der Waals surface area contributed by atoms with E-state index in [1.807, 2.05) is 54.4 Å². The van der Waals surface area contributed by atoms with E-state index in [4.69, 9.17) is 0 Å². The number of amides is 1. The summed E-state index contributed by atoms with van der Waals surface area (Å²) in [5.74, 6) is 0.325. The van der Waals surface area contributed by atoms with Gasteiger partial charge in [-0.05, 0) is 35.7 Å². The van der Waals surface area contributed by atoms with Gasteiger partial charge in [-0.25, -0.2) is 9.97 Å². The monoisotopic (exact) mass is 347 g/mol. The van der Waals surface area contributed by atoms with Crippen LogP contribution in [0.15, 0.2) is 67.1 Å². The second kappa shape index (κ2) is 8.71. The van der Waals surface area contributed by atoms with E-state index in [9.17, 15) is 4.79 Å². The zero-order valence-corrected chi connectivity index (χ0v) is 14.7. The summed E-state index contributed by atoms with van der Waals surface area (Å²) >= 11 is 0. The minimum Gasteiger partial charge on any atom is -0.347 e. The molecular formula is C20H21N5O. The predicted octanol–water partition coefficient (Wildman–Crippen LogP) is 2.48. The van der Waals surface area contributed by atoms with Gasteiger partial charge in [0.1, 0.15) is 5.69 Å². The van der Waals surface area contributed by atoms with Crippen molar-refractivity contribution in [1.29, 1.82) is 0 Å². The average Bonchev–Trinajstić information content (AvgIpc) is 2.72. The molecule has 0 unspecified atom stereocenters. The van der Waals surface area contributed by atoms with Gasteiger partial charge in [-0.15, -0.1) is 0 Å². The van der Waals surface area contributed by atoms with Gasteiger partial charge >= 0.3 is 0 Å². The summed E-state index contributed by atoms with van der Waals surface area (Å²) in [6.07, 6.45) is 6.03. The normalized spacial score (nSPS) is 10.3. The van der Waals surface area contributed by atoms with Crippen LogP contribution in [0.4, 0.5) is 5.95 Å². The highest BCUT2D eigenvalue weighted by Crippen LogP contribution is 2.08. The lowest BCUT2D eigenvalue weighted by atomic mass is 10.2. The van der Waals surface area contributed by atoms with Gasteiger partial charge in [0.25, 0.3) is 5.91 Å². The molecule has 0 saturated heterocycles. The molecule has 3 rings (SSSR count). The van der Waals surface area contributed by atoms with Crippen LogP contribution in [0, 0.1) is 0 Å². The Morgan fingerprint density at radius 3 is 2.54 bits per heavy atom. The van der Waals surface area contributed by atoms with Crippen LogP contribution in [-0.2, 0) is 13.0 Å². The van der Waals surface area contributed by atoms with Crippen molar-refractivity contribution < 1.29 is 4.79 Å². The fourth-order valence-electron chi connectivity index (χ4n) is 2.47. The predicted molar refractivity (Wildman–Crippen MR) is 101 cm³/mol. The van der Waals surface area contributed by atoms with E-state index >= 15 is 0 Å². The Balaban J connectivity index is 1.59. The third kappa shape index (κ3) is 4.86. The van der Waals surface area contributed by atoms with E-state index < -0.39 is 0 Å². The molecule has 0 fully saturated rings. The number of anilines is 1. The number of pyridine rings is 1. The summed E-state index contributed by atoms with van der Waals surface area (Å²) in [6.45, 7) is 1.22. The highest BCUT2D eigenvalue weighted by Gasteiger charge is 2.11. The number of likely N-dealkylation sites (N-methyl/N-ethyl adjacent to an activating group) is 1. The molecule has 1 aromatic carbocycles. The Morgan fingerprint density at radius 2 is 1.77 bits per heavy atom. The number of carbonyl (C=O) groups is 1. The quantitative estimate of drug-likeness (QED) is 0.711. The molecule has 1 amide bonds. The molecule has 1 N–H and O–H groups in total. The third-order valence-electron chi connectivity index (χ3n) is 4.00. The van der Waals surface area contributed by atoms with Crippen molar-refractivity contribution in [2.45, 2.75) is 13.0 Å². The van der Waals surface area contributed by atoms with E-state index in [1.54, 1.807) is 24.7 Å². The Bertz CT molecular complexity index is 839. The molecule has 0 saturated carbocycles. The van der Waals surface area contributed by atoms with Crippen molar-refractivity contribution in [3.8, 4) is 0 Å². The Labute approximate surface area is 153 Å². The van der Waals surface area contributed by atoms with Crippen molar-refractivity contribution in [1.82, 2.24) is 20.3 Å². The molecule has 6 heteroatoms. The van der Waals surface area contributed by atoms with E-state index in [0.29, 0.717) is 18.2 Å². The summed E-state index contributed by atoms with van der Waals surface area (Å²) in [6, 6.07) is 15.4. The van der Waals surface area contributed by atoms with Gasteiger partial charge < -0.3 is 10.2 Å². The Morgan fingerprint density at radius 1 is 1.00 bits per heavy atom. The number of aromatic nitrogens is 3. The smallest absolute Gasteiger partial charge is 0.270 e. The fourth-order valence-corrected chi connectivity index (χ4v) is 2.47. The largest absolute Gasteiger partial charge is 0.347 e. The molecule has 2 heterocycles. The zero-order valence-electron chi connectivity index (χ0n) is 14.7. The summed E-state index contributed by atoms with van der Waals surface area (Å²) < 4.78 is 0. The van der Waals surface area contributed by atoms with Crippen LogP contribution in [0.3, 0.4) is 0 Å². The number of hydrogen-bond acceptors (Lipinski definition) is 5. The molecule has 132 valence electrons. The van der Waals surface area contributed by atoms with Crippen molar-refractivity contribution in [3.05, 3.63) is 83.9 Å². The number of carbonyl (C=O) groups excluding carboxylic acids is 1. The maximum atomic E-state index is 12.3. The van der Waals surface area contributed by atoms with Gasteiger partial charge in [0.2, 0.25) is 5.95 Å². The van der Waals surface area contributed by atoms with E-state index in [0.717, 1.165) is 18.5 Å². The highest BCUT2D eigenvalue weighted by molar-refractivity contribution is 5.92. The summed E-state index contributed by atoms with van der Waals surface area (Å²) in [7, 11) is 1.92. The van der Waals surface area contributed by atoms with Crippen LogP contribution in [0.25, 0.3) is 0 Å². The molecule has 2 aromatic heterocycles. The lowest BCUT2D eigenvalue weighted by Crippen LogP contribution is -2.27. The lowest BCUT2D eigenvalue weighted by Gasteiger charge is -2.17. The van der Waals surface area contributed by atoms with Gasteiger partial charge in [-0.2, -0.15) is 0 Å². The highest BCUT2D eigenvalue weighted by atomic mass is 16.1. The van der Waals surface area contributed by atoms with Gasteiger partial charge in [-0.3, -0.25) is 9.78 Å². The van der Waals surface area contributed by atoms with Crippen LogP contribution >= 0.6 is 0 Å². The fraction of sp³-hybridized carbons (Fsp3) is 0.200. The molecule has 0 atom stereocenters. The Hall–Kier alpha value is -3.28. The van der Waals surface area contributed by atoms with Crippen molar-refractivity contribution in [3.63, 3.8) is 0 Å². The van der Waals surface area contributed by atoms with Crippen LogP contribution in [0.2, 0.25) is 0 Å². The van der Waals surface area contributed by atoms with Crippen molar-refractivity contribution >= 4 is 11.9 Å². The molecule has 26 heavy (non-hydrogen) atoms. The molecule has 0 aliphatic rings. The van der Waals surface area contributed by atoms with Crippen molar-refractivity contribution in [2.75, 3.05) is 18.5 Å². The Kier molecular flexibility index (Phi) is 5.88. The number of rotatable bonds is 7. The van der Waals surface area contributed by atoms with Crippen LogP contribution in [0.5, 0.6) is 0 Å². The molecule has 6 nitrogen and oxygen atoms in total. The molecule has 0 aliphatic carbocycles. The standard InChI is InChI=1S/C20H21N5O/c1-25(14-10-16-7-11-21-12-8-16)20-22-13-9-18(24-20)19(26)23-15-17-5-3-2-4-6-17/h2-9,11-13H,10,14-15H2,1H3,(H,23,26). The minimum absolute atomic E-state index is 0.208. The summed E-state index contributed by atoms with van der Waals surface area (Å²) in [4.78, 5) is 27.0. The molecule has 0 bridgehead atoms. The molecule has 0 radical (unpaired) electrons. The van der Waals surface area contributed by atoms with E-state index in [2.05, 4.69) is 20.3 Å². The van der Waals surface area contributed by atoms with Gasteiger partial charge in [0.05, 0.1) is 0 Å². The third-order valence-corrected chi connectivity index (χ3v) is 4.00. The number of hydrogen-bond donors (Lipinski definition) is 1. The number of benzene rings is 1. The number of nitrogens with one attached hydrogen (secondary N) is 1. The molecular weight excluding hydrogens is 326 g/mol. The molecule has 0 aliphatic heterocycles. The van der Waals surface area contributed by atoms with Gasteiger partial charge in [-0.1, -0.05) is 30.3 Å². The maximum Gasteiger partial charge on any atom is 0.270 e. The number of nitrogens with zero attached hydrogens (tertiary/aromatic N) is 4. The maximum absolute atomic E-state index is 12.3. The molecule has 3 aromatic rings. The topological polar surface area (TPSA) is 71.0 Å². The average molecular weight is 347 g/mol. The van der Waals surface area contributed by atoms with Crippen LogP contribution in [-0.4, -0.2) is 34.5 Å². The van der Waals surface area contributed by atoms with Crippen LogP contribution in [0.1, 0.15) is 21.6 Å². The lowest BCUT2D eigenvalue weighted by molar-refractivity contribution is 0.0946.